The van der Waals surface area contributed by atoms with Crippen molar-refractivity contribution in [3.8, 4) is 0 Å². The van der Waals surface area contributed by atoms with E-state index in [1.54, 1.807) is 0 Å². The Balaban J connectivity index is 2.00. The fraction of sp³-hybridized carbons (Fsp3) is 0.615. The summed E-state index contributed by atoms with van der Waals surface area (Å²) in [6.07, 6.45) is 3.43. The summed E-state index contributed by atoms with van der Waals surface area (Å²) in [5, 5.41) is 15.9. The Morgan fingerprint density at radius 3 is 2.94 bits per heavy atom. The minimum Gasteiger partial charge on any atom is -0.396 e. The molecule has 4 nitrogen and oxygen atoms in total. The van der Waals surface area contributed by atoms with Crippen molar-refractivity contribution in [2.75, 3.05) is 23.8 Å². The van der Waals surface area contributed by atoms with E-state index in [1.165, 1.54) is 6.42 Å². The summed E-state index contributed by atoms with van der Waals surface area (Å²) in [5.74, 6) is 2.17. The summed E-state index contributed by atoms with van der Waals surface area (Å²) in [4.78, 5) is 4.49. The highest BCUT2D eigenvalue weighted by atomic mass is 16.3. The number of aromatic nitrogens is 1. The Labute approximate surface area is 102 Å². The van der Waals surface area contributed by atoms with Crippen LogP contribution in [0.3, 0.4) is 0 Å². The van der Waals surface area contributed by atoms with Crippen LogP contribution >= 0.6 is 0 Å². The predicted molar refractivity (Wildman–Crippen MR) is 70.2 cm³/mol. The molecule has 94 valence electrons. The Morgan fingerprint density at radius 2 is 2.18 bits per heavy atom. The van der Waals surface area contributed by atoms with Gasteiger partial charge >= 0.3 is 0 Å². The molecule has 17 heavy (non-hydrogen) atoms. The first-order valence-corrected chi connectivity index (χ1v) is 6.41. The molecule has 0 spiro atoms. The fourth-order valence-corrected chi connectivity index (χ4v) is 2.43. The smallest absolute Gasteiger partial charge is 0.128 e. The van der Waals surface area contributed by atoms with Gasteiger partial charge < -0.3 is 15.7 Å². The molecule has 2 rings (SSSR count). The third-order valence-corrected chi connectivity index (χ3v) is 3.33. The Kier molecular flexibility index (Phi) is 4.20. The fourth-order valence-electron chi connectivity index (χ4n) is 2.43. The lowest BCUT2D eigenvalue weighted by Gasteiger charge is -2.19. The van der Waals surface area contributed by atoms with E-state index in [0.717, 1.165) is 31.0 Å². The molecule has 0 aromatic carbocycles. The molecule has 1 aliphatic carbocycles. The highest BCUT2D eigenvalue weighted by Gasteiger charge is 2.26. The minimum absolute atomic E-state index is 0.268. The van der Waals surface area contributed by atoms with Crippen LogP contribution in [0.4, 0.5) is 11.6 Å². The second-order valence-electron chi connectivity index (χ2n) is 4.56. The van der Waals surface area contributed by atoms with Crippen molar-refractivity contribution in [2.45, 2.75) is 32.2 Å². The first-order chi connectivity index (χ1) is 8.33. The van der Waals surface area contributed by atoms with Crippen molar-refractivity contribution in [3.63, 3.8) is 0 Å². The van der Waals surface area contributed by atoms with E-state index in [1.807, 2.05) is 18.2 Å². The highest BCUT2D eigenvalue weighted by Crippen LogP contribution is 2.27. The molecule has 1 heterocycles. The van der Waals surface area contributed by atoms with Crippen LogP contribution in [0.1, 0.15) is 26.2 Å². The van der Waals surface area contributed by atoms with E-state index < -0.39 is 0 Å². The van der Waals surface area contributed by atoms with Gasteiger partial charge in [-0.25, -0.2) is 4.98 Å². The predicted octanol–water partition coefficient (Wildman–Crippen LogP) is 2.09. The zero-order valence-corrected chi connectivity index (χ0v) is 10.3. The number of hydrogen-bond acceptors (Lipinski definition) is 4. The quantitative estimate of drug-likeness (QED) is 0.731. The van der Waals surface area contributed by atoms with Gasteiger partial charge in [0.25, 0.3) is 0 Å². The van der Waals surface area contributed by atoms with Gasteiger partial charge in [-0.05, 0) is 31.9 Å². The van der Waals surface area contributed by atoms with Gasteiger partial charge in [0.2, 0.25) is 0 Å². The third kappa shape index (κ3) is 3.09. The maximum Gasteiger partial charge on any atom is 0.128 e. The molecule has 4 heteroatoms. The summed E-state index contributed by atoms with van der Waals surface area (Å²) in [6.45, 7) is 3.20. The van der Waals surface area contributed by atoms with Gasteiger partial charge in [0, 0.05) is 25.1 Å². The maximum absolute atomic E-state index is 9.28. The number of aliphatic hydroxyl groups excluding tert-OH is 1. The standard InChI is InChI=1S/C13H21N3O/c1-2-14-12-7-4-8-13(16-12)15-11-6-3-5-10(11)9-17/h4,7-8,10-11,17H,2-3,5-6,9H2,1H3,(H2,14,15,16). The van der Waals surface area contributed by atoms with Crippen LogP contribution in [-0.2, 0) is 0 Å². The van der Waals surface area contributed by atoms with Crippen molar-refractivity contribution in [2.24, 2.45) is 5.92 Å². The summed E-state index contributed by atoms with van der Waals surface area (Å²) < 4.78 is 0. The number of anilines is 2. The van der Waals surface area contributed by atoms with Crippen LogP contribution in [0.25, 0.3) is 0 Å². The van der Waals surface area contributed by atoms with Gasteiger partial charge in [-0.3, -0.25) is 0 Å². The molecular formula is C13H21N3O. The Morgan fingerprint density at radius 1 is 1.35 bits per heavy atom. The van der Waals surface area contributed by atoms with Gasteiger partial charge in [0.1, 0.15) is 11.6 Å². The van der Waals surface area contributed by atoms with Gasteiger partial charge in [-0.15, -0.1) is 0 Å². The van der Waals surface area contributed by atoms with Crippen LogP contribution in [0.2, 0.25) is 0 Å². The van der Waals surface area contributed by atoms with Crippen molar-refractivity contribution < 1.29 is 5.11 Å². The molecule has 0 aliphatic heterocycles. The average Bonchev–Trinajstić information content (AvgIpc) is 2.77. The molecule has 1 aromatic heterocycles. The highest BCUT2D eigenvalue weighted by molar-refractivity contribution is 5.45. The number of aliphatic hydroxyl groups is 1. The summed E-state index contributed by atoms with van der Waals surface area (Å²) in [5.41, 5.74) is 0. The van der Waals surface area contributed by atoms with Gasteiger partial charge in [0.05, 0.1) is 0 Å². The first-order valence-electron chi connectivity index (χ1n) is 6.41. The normalized spacial score (nSPS) is 23.6. The molecule has 2 unspecified atom stereocenters. The molecule has 0 saturated heterocycles. The number of nitrogens with one attached hydrogen (secondary N) is 2. The Bertz CT molecular complexity index is 356. The van der Waals surface area contributed by atoms with Crippen LogP contribution in [-0.4, -0.2) is 29.3 Å². The number of pyridine rings is 1. The summed E-state index contributed by atoms with van der Waals surface area (Å²) >= 11 is 0. The van der Waals surface area contributed by atoms with E-state index in [-0.39, 0.29) is 6.61 Å². The maximum atomic E-state index is 9.28. The number of rotatable bonds is 5. The largest absolute Gasteiger partial charge is 0.396 e. The van der Waals surface area contributed by atoms with E-state index >= 15 is 0 Å². The lowest BCUT2D eigenvalue weighted by molar-refractivity contribution is 0.222. The van der Waals surface area contributed by atoms with E-state index in [2.05, 4.69) is 22.5 Å². The SMILES string of the molecule is CCNc1cccc(NC2CCCC2CO)n1. The first kappa shape index (κ1) is 12.2. The van der Waals surface area contributed by atoms with Gasteiger partial charge in [-0.1, -0.05) is 12.5 Å². The lowest BCUT2D eigenvalue weighted by atomic mass is 10.1. The minimum atomic E-state index is 0.268. The van der Waals surface area contributed by atoms with Crippen molar-refractivity contribution in [1.82, 2.24) is 4.98 Å². The molecule has 1 saturated carbocycles. The third-order valence-electron chi connectivity index (χ3n) is 3.33. The molecule has 0 amide bonds. The number of nitrogens with zero attached hydrogens (tertiary/aromatic N) is 1. The monoisotopic (exact) mass is 235 g/mol. The lowest BCUT2D eigenvalue weighted by Crippen LogP contribution is -2.26. The zero-order valence-electron chi connectivity index (χ0n) is 10.3. The van der Waals surface area contributed by atoms with E-state index in [0.29, 0.717) is 12.0 Å². The van der Waals surface area contributed by atoms with Crippen LogP contribution < -0.4 is 10.6 Å². The van der Waals surface area contributed by atoms with Gasteiger partial charge in [-0.2, -0.15) is 0 Å². The zero-order chi connectivity index (χ0) is 12.1. The topological polar surface area (TPSA) is 57.2 Å². The van der Waals surface area contributed by atoms with Crippen LogP contribution in [0.15, 0.2) is 18.2 Å². The molecule has 1 aliphatic rings. The molecule has 3 N–H and O–H groups in total. The molecule has 0 bridgehead atoms. The van der Waals surface area contributed by atoms with Gasteiger partial charge in [0.15, 0.2) is 0 Å². The molecule has 1 fully saturated rings. The van der Waals surface area contributed by atoms with Crippen LogP contribution in [0, 0.1) is 5.92 Å². The molecule has 2 atom stereocenters. The average molecular weight is 235 g/mol. The Hall–Kier alpha value is -1.29. The van der Waals surface area contributed by atoms with Crippen molar-refractivity contribution >= 4 is 11.6 Å². The molecular weight excluding hydrogens is 214 g/mol. The van der Waals surface area contributed by atoms with Crippen molar-refractivity contribution in [3.05, 3.63) is 18.2 Å². The second kappa shape index (κ2) is 5.87. The molecule has 1 aromatic rings. The van der Waals surface area contributed by atoms with Crippen molar-refractivity contribution in [1.29, 1.82) is 0 Å². The summed E-state index contributed by atoms with van der Waals surface area (Å²) in [6, 6.07) is 6.31. The van der Waals surface area contributed by atoms with E-state index in [9.17, 15) is 5.11 Å². The van der Waals surface area contributed by atoms with E-state index in [4.69, 9.17) is 0 Å². The number of hydrogen-bond donors (Lipinski definition) is 3. The van der Waals surface area contributed by atoms with Crippen LogP contribution in [0.5, 0.6) is 0 Å². The summed E-state index contributed by atoms with van der Waals surface area (Å²) in [7, 11) is 0. The second-order valence-corrected chi connectivity index (χ2v) is 4.56. The molecule has 0 radical (unpaired) electrons.